The van der Waals surface area contributed by atoms with Crippen LogP contribution in [-0.2, 0) is 11.1 Å². The lowest BCUT2D eigenvalue weighted by molar-refractivity contribution is 0.369. The van der Waals surface area contributed by atoms with Gasteiger partial charge in [-0.25, -0.2) is 0 Å². The highest BCUT2D eigenvalue weighted by Crippen LogP contribution is 2.21. The first-order valence-electron chi connectivity index (χ1n) is 4.73. The van der Waals surface area contributed by atoms with Gasteiger partial charge in [0.1, 0.15) is 11.5 Å². The largest absolute Gasteiger partial charge is 0.132 e. The Bertz CT molecular complexity index is 107. The molecule has 11 heavy (non-hydrogen) atoms. The highest BCUT2D eigenvalue weighted by atomic mass is 32.2. The zero-order chi connectivity index (χ0) is 8.27. The number of hydrogen-bond acceptors (Lipinski definition) is 1. The molecule has 0 aromatic heterocycles. The van der Waals surface area contributed by atoms with Crippen molar-refractivity contribution in [3.63, 3.8) is 0 Å². The minimum absolute atomic E-state index is 0.669. The van der Waals surface area contributed by atoms with Gasteiger partial charge in [-0.15, -0.1) is 4.31 Å². The first-order chi connectivity index (χ1) is 5.29. The van der Waals surface area contributed by atoms with Crippen LogP contribution in [-0.4, -0.2) is 28.4 Å². The van der Waals surface area contributed by atoms with Gasteiger partial charge in [0.2, 0.25) is 0 Å². The highest BCUT2D eigenvalue weighted by Gasteiger charge is 2.36. The summed E-state index contributed by atoms with van der Waals surface area (Å²) in [6.45, 7) is 8.18. The van der Waals surface area contributed by atoms with E-state index in [0.29, 0.717) is 11.1 Å². The fourth-order valence-electron chi connectivity index (χ4n) is 1.46. The predicted octanol–water partition coefficient (Wildman–Crippen LogP) is 2.04. The van der Waals surface area contributed by atoms with Crippen molar-refractivity contribution in [3.05, 3.63) is 0 Å². The molecule has 1 aliphatic rings. The molecule has 2 heteroatoms. The van der Waals surface area contributed by atoms with E-state index in [1.165, 1.54) is 30.9 Å². The summed E-state index contributed by atoms with van der Waals surface area (Å²) in [5.74, 6) is 2.94. The molecule has 0 aromatic rings. The van der Waals surface area contributed by atoms with Gasteiger partial charge in [0.15, 0.2) is 0 Å². The molecule has 0 aliphatic carbocycles. The summed E-state index contributed by atoms with van der Waals surface area (Å²) >= 11 is 0.669. The van der Waals surface area contributed by atoms with E-state index in [2.05, 4.69) is 25.1 Å². The molecule has 1 unspecified atom stereocenters. The fourth-order valence-corrected chi connectivity index (χ4v) is 3.50. The topological polar surface area (TPSA) is 3.24 Å². The summed E-state index contributed by atoms with van der Waals surface area (Å²) in [5.41, 5.74) is 0. The summed E-state index contributed by atoms with van der Waals surface area (Å²) in [7, 11) is 0. The molecule has 1 nitrogen and oxygen atoms in total. The zero-order valence-corrected chi connectivity index (χ0v) is 8.78. The van der Waals surface area contributed by atoms with Crippen LogP contribution in [0.25, 0.3) is 0 Å². The summed E-state index contributed by atoms with van der Waals surface area (Å²) in [5, 5.41) is 0. The van der Waals surface area contributed by atoms with Crippen molar-refractivity contribution in [2.24, 2.45) is 0 Å². The Morgan fingerprint density at radius 3 is 2.27 bits per heavy atom. The van der Waals surface area contributed by atoms with E-state index in [1.54, 1.807) is 0 Å². The molecule has 0 radical (unpaired) electrons. The molecule has 1 saturated heterocycles. The van der Waals surface area contributed by atoms with Gasteiger partial charge in [-0.3, -0.25) is 0 Å². The summed E-state index contributed by atoms with van der Waals surface area (Å²) in [6, 6.07) is 0.809. The molecule has 1 aliphatic heterocycles. The SMILES string of the molecule is CCC(C)N(CC)[S+]1CCC1. The van der Waals surface area contributed by atoms with Gasteiger partial charge in [0.25, 0.3) is 0 Å². The lowest BCUT2D eigenvalue weighted by Crippen LogP contribution is -2.46. The van der Waals surface area contributed by atoms with Crippen LogP contribution in [0, 0.1) is 0 Å². The Balaban J connectivity index is 2.34. The molecule has 0 spiro atoms. The van der Waals surface area contributed by atoms with Gasteiger partial charge < -0.3 is 0 Å². The minimum atomic E-state index is 0.669. The van der Waals surface area contributed by atoms with Crippen LogP contribution in [0.1, 0.15) is 33.6 Å². The second kappa shape index (κ2) is 4.36. The molecule has 1 heterocycles. The van der Waals surface area contributed by atoms with Gasteiger partial charge in [-0.05, 0) is 20.3 Å². The second-order valence-electron chi connectivity index (χ2n) is 3.21. The van der Waals surface area contributed by atoms with Crippen molar-refractivity contribution in [2.75, 3.05) is 18.1 Å². The lowest BCUT2D eigenvalue weighted by Gasteiger charge is -2.30. The van der Waals surface area contributed by atoms with E-state index >= 15 is 0 Å². The van der Waals surface area contributed by atoms with E-state index in [0.717, 1.165) is 6.04 Å². The van der Waals surface area contributed by atoms with Crippen LogP contribution in [0.5, 0.6) is 0 Å². The van der Waals surface area contributed by atoms with E-state index in [4.69, 9.17) is 0 Å². The molecule has 0 aromatic carbocycles. The van der Waals surface area contributed by atoms with Crippen molar-refractivity contribution in [1.29, 1.82) is 0 Å². The van der Waals surface area contributed by atoms with Gasteiger partial charge in [0.05, 0.1) is 17.1 Å². The monoisotopic (exact) mass is 174 g/mol. The molecular formula is C9H20NS+. The number of hydrogen-bond donors (Lipinski definition) is 0. The predicted molar refractivity (Wildman–Crippen MR) is 53.8 cm³/mol. The molecule has 0 amide bonds. The molecule has 0 bridgehead atoms. The highest BCUT2D eigenvalue weighted by molar-refractivity contribution is 7.95. The van der Waals surface area contributed by atoms with Gasteiger partial charge in [-0.1, -0.05) is 6.92 Å². The molecule has 1 fully saturated rings. The molecule has 1 atom stereocenters. The molecule has 66 valence electrons. The Morgan fingerprint density at radius 2 is 2.00 bits per heavy atom. The third kappa shape index (κ3) is 2.12. The van der Waals surface area contributed by atoms with Crippen LogP contribution in [0.3, 0.4) is 0 Å². The van der Waals surface area contributed by atoms with Crippen molar-refractivity contribution >= 4 is 11.1 Å². The maximum atomic E-state index is 2.68. The zero-order valence-electron chi connectivity index (χ0n) is 7.97. The van der Waals surface area contributed by atoms with Crippen molar-refractivity contribution in [3.8, 4) is 0 Å². The lowest BCUT2D eigenvalue weighted by atomic mass is 10.3. The third-order valence-electron chi connectivity index (χ3n) is 2.49. The maximum absolute atomic E-state index is 2.68. The average Bonchev–Trinajstić information content (AvgIpc) is 1.94. The van der Waals surface area contributed by atoms with Crippen LogP contribution in [0.4, 0.5) is 0 Å². The summed E-state index contributed by atoms with van der Waals surface area (Å²) < 4.78 is 2.68. The first-order valence-corrected chi connectivity index (χ1v) is 6.25. The Kier molecular flexibility index (Phi) is 3.73. The molecule has 1 rings (SSSR count). The Hall–Kier alpha value is 0.310. The second-order valence-corrected chi connectivity index (χ2v) is 5.42. The number of nitrogens with zero attached hydrogens (tertiary/aromatic N) is 1. The summed E-state index contributed by atoms with van der Waals surface area (Å²) in [6.07, 6.45) is 2.77. The molecule has 0 N–H and O–H groups in total. The van der Waals surface area contributed by atoms with E-state index in [1.807, 2.05) is 0 Å². The van der Waals surface area contributed by atoms with Crippen LogP contribution in [0.15, 0.2) is 0 Å². The summed E-state index contributed by atoms with van der Waals surface area (Å²) in [4.78, 5) is 0. The Morgan fingerprint density at radius 1 is 1.36 bits per heavy atom. The normalized spacial score (nSPS) is 21.8. The van der Waals surface area contributed by atoms with Gasteiger partial charge in [-0.2, -0.15) is 0 Å². The van der Waals surface area contributed by atoms with E-state index < -0.39 is 0 Å². The quantitative estimate of drug-likeness (QED) is 0.590. The van der Waals surface area contributed by atoms with Crippen LogP contribution in [0.2, 0.25) is 0 Å². The van der Waals surface area contributed by atoms with E-state index in [-0.39, 0.29) is 0 Å². The smallest absolute Gasteiger partial charge is 0.124 e. The average molecular weight is 174 g/mol. The fraction of sp³-hybridized carbons (Fsp3) is 1.00. The van der Waals surface area contributed by atoms with Gasteiger partial charge in [0, 0.05) is 13.0 Å². The van der Waals surface area contributed by atoms with Crippen LogP contribution >= 0.6 is 0 Å². The molecule has 0 saturated carbocycles. The van der Waals surface area contributed by atoms with Crippen molar-refractivity contribution in [2.45, 2.75) is 39.7 Å². The van der Waals surface area contributed by atoms with E-state index in [9.17, 15) is 0 Å². The maximum Gasteiger partial charge on any atom is 0.132 e. The first kappa shape index (κ1) is 9.40. The van der Waals surface area contributed by atoms with Gasteiger partial charge >= 0.3 is 0 Å². The van der Waals surface area contributed by atoms with Crippen LogP contribution < -0.4 is 0 Å². The third-order valence-corrected chi connectivity index (χ3v) is 5.29. The van der Waals surface area contributed by atoms with Crippen molar-refractivity contribution < 1.29 is 0 Å². The van der Waals surface area contributed by atoms with Crippen molar-refractivity contribution in [1.82, 2.24) is 4.31 Å². The standard InChI is InChI=1S/C9H20NS/c1-4-9(3)10(5-2)11-7-6-8-11/h9H,4-8H2,1-3H3/q+1. The minimum Gasteiger partial charge on any atom is -0.124 e. The number of rotatable bonds is 4. The Labute approximate surface area is 73.6 Å². The molecular weight excluding hydrogens is 154 g/mol.